The van der Waals surface area contributed by atoms with E-state index in [9.17, 15) is 19.5 Å². The Morgan fingerprint density at radius 2 is 1.87 bits per heavy atom. The number of hydrogen-bond acceptors (Lipinski definition) is 6. The van der Waals surface area contributed by atoms with Crippen LogP contribution in [0.3, 0.4) is 0 Å². The van der Waals surface area contributed by atoms with E-state index in [4.69, 9.17) is 9.47 Å². The van der Waals surface area contributed by atoms with E-state index in [2.05, 4.69) is 17.6 Å². The van der Waals surface area contributed by atoms with Crippen molar-refractivity contribution in [3.63, 3.8) is 0 Å². The highest BCUT2D eigenvalue weighted by molar-refractivity contribution is 6.02. The zero-order valence-electron chi connectivity index (χ0n) is 23.3. The van der Waals surface area contributed by atoms with Gasteiger partial charge in [0.1, 0.15) is 17.4 Å². The van der Waals surface area contributed by atoms with Crippen LogP contribution in [0.5, 0.6) is 5.75 Å². The van der Waals surface area contributed by atoms with Crippen molar-refractivity contribution in [1.82, 2.24) is 10.2 Å². The molecule has 0 aliphatic carbocycles. The lowest BCUT2D eigenvalue weighted by Gasteiger charge is -2.37. The molecule has 1 aromatic rings. The molecule has 3 aliphatic heterocycles. The fraction of sp³-hybridized carbons (Fsp3) is 0.690. The molecule has 1 spiro atoms. The lowest BCUT2D eigenvalue weighted by Crippen LogP contribution is -2.59. The number of aliphatic hydroxyl groups is 1. The minimum atomic E-state index is -1.10. The third-order valence-corrected chi connectivity index (χ3v) is 8.77. The maximum atomic E-state index is 14.2. The van der Waals surface area contributed by atoms with Gasteiger partial charge in [-0.3, -0.25) is 14.4 Å². The molecule has 0 radical (unpaired) electrons. The third kappa shape index (κ3) is 4.57. The number of carbonyl (C=O) groups is 3. The van der Waals surface area contributed by atoms with Gasteiger partial charge in [-0.15, -0.1) is 0 Å². The van der Waals surface area contributed by atoms with Crippen LogP contribution >= 0.6 is 0 Å². The van der Waals surface area contributed by atoms with Gasteiger partial charge in [0.15, 0.2) is 0 Å². The molecule has 3 amide bonds. The highest BCUT2D eigenvalue weighted by Crippen LogP contribution is 2.64. The molecule has 38 heavy (non-hydrogen) atoms. The van der Waals surface area contributed by atoms with Gasteiger partial charge in [-0.2, -0.15) is 0 Å². The van der Waals surface area contributed by atoms with Crippen LogP contribution in [0.4, 0.5) is 5.69 Å². The summed E-state index contributed by atoms with van der Waals surface area (Å²) in [4.78, 5) is 43.4. The Balaban J connectivity index is 1.70. The van der Waals surface area contributed by atoms with Crippen LogP contribution in [-0.4, -0.2) is 70.3 Å². The molecule has 0 aromatic heterocycles. The zero-order valence-corrected chi connectivity index (χ0v) is 23.3. The Morgan fingerprint density at radius 3 is 2.45 bits per heavy atom. The van der Waals surface area contributed by atoms with Crippen molar-refractivity contribution in [2.24, 2.45) is 11.8 Å². The summed E-state index contributed by atoms with van der Waals surface area (Å²) >= 11 is 0. The van der Waals surface area contributed by atoms with Gasteiger partial charge < -0.3 is 30.1 Å². The number of nitrogens with one attached hydrogen (secondary N) is 2. The first kappa shape index (κ1) is 28.4. The summed E-state index contributed by atoms with van der Waals surface area (Å²) in [5.41, 5.74) is -1.32. The van der Waals surface area contributed by atoms with E-state index in [1.807, 2.05) is 27.7 Å². The number of likely N-dealkylation sites (tertiary alicyclic amines) is 1. The van der Waals surface area contributed by atoms with E-state index < -0.39 is 35.1 Å². The summed E-state index contributed by atoms with van der Waals surface area (Å²) in [7, 11) is 0. The van der Waals surface area contributed by atoms with E-state index >= 15 is 0 Å². The summed E-state index contributed by atoms with van der Waals surface area (Å²) in [6, 6.07) is 5.65. The van der Waals surface area contributed by atoms with Crippen LogP contribution in [0.1, 0.15) is 73.1 Å². The van der Waals surface area contributed by atoms with Crippen LogP contribution in [0.15, 0.2) is 24.3 Å². The van der Waals surface area contributed by atoms with E-state index in [1.54, 1.807) is 24.3 Å². The number of aliphatic hydroxyl groups excluding tert-OH is 1. The number of nitrogens with zero attached hydrogens (tertiary/aromatic N) is 1. The van der Waals surface area contributed by atoms with Crippen molar-refractivity contribution in [2.75, 3.05) is 18.5 Å². The molecular formula is C29H43N3O6. The van der Waals surface area contributed by atoms with Crippen LogP contribution in [0.2, 0.25) is 0 Å². The molecular weight excluding hydrogens is 486 g/mol. The smallest absolute Gasteiger partial charge is 0.246 e. The number of amides is 3. The average Bonchev–Trinajstić information content (AvgIpc) is 3.50. The number of anilines is 1. The quantitative estimate of drug-likeness (QED) is 0.383. The third-order valence-electron chi connectivity index (χ3n) is 8.77. The molecule has 9 nitrogen and oxygen atoms in total. The standard InChI is InChI=1S/C29H43N3O6/c1-6-10-18(5)30-26(35)24-29-16-15-28(8-3,38-29)22(23(29)27(36)32(24)20(7-2)17-33)25(34)31-19-11-13-21(14-12-19)37-9-4/h11-14,18,20,22-24,33H,6-10,15-17H2,1-5H3,(H,30,35)(H,31,34)/t18?,20-,22-,23-,24?,28+,29?/m0/s1. The van der Waals surface area contributed by atoms with E-state index in [0.717, 1.165) is 12.8 Å². The molecule has 3 heterocycles. The molecule has 7 atom stereocenters. The van der Waals surface area contributed by atoms with Gasteiger partial charge in [-0.1, -0.05) is 27.2 Å². The highest BCUT2D eigenvalue weighted by atomic mass is 16.5. The van der Waals surface area contributed by atoms with Crippen LogP contribution in [-0.2, 0) is 19.1 Å². The molecule has 3 fully saturated rings. The number of rotatable bonds is 12. The lowest BCUT2D eigenvalue weighted by molar-refractivity contribution is -0.150. The normalized spacial score (nSPS) is 31.2. The predicted molar refractivity (Wildman–Crippen MR) is 144 cm³/mol. The van der Waals surface area contributed by atoms with Gasteiger partial charge in [-0.25, -0.2) is 0 Å². The second kappa shape index (κ2) is 11.2. The SMILES string of the molecule is CCCC(C)NC(=O)C1N([C@@H](CC)CO)C(=O)[C@@H]2[C@@H](C(=O)Nc3ccc(OCC)cc3)[C@@]3(CC)CCC12O3. The first-order valence-electron chi connectivity index (χ1n) is 14.2. The van der Waals surface area contributed by atoms with Gasteiger partial charge in [0.05, 0.1) is 36.7 Å². The number of fused-ring (bicyclic) bond motifs is 1. The summed E-state index contributed by atoms with van der Waals surface area (Å²) in [6.45, 7) is 10.1. The molecule has 1 aromatic carbocycles. The Hall–Kier alpha value is -2.65. The van der Waals surface area contributed by atoms with Crippen molar-refractivity contribution in [3.05, 3.63) is 24.3 Å². The van der Waals surface area contributed by atoms with Gasteiger partial charge in [0.2, 0.25) is 17.7 Å². The van der Waals surface area contributed by atoms with Crippen molar-refractivity contribution in [1.29, 1.82) is 0 Å². The highest BCUT2D eigenvalue weighted by Gasteiger charge is 2.79. The average molecular weight is 530 g/mol. The maximum Gasteiger partial charge on any atom is 0.246 e. The first-order valence-corrected chi connectivity index (χ1v) is 14.2. The van der Waals surface area contributed by atoms with Gasteiger partial charge in [-0.05, 0) is 70.2 Å². The molecule has 3 unspecified atom stereocenters. The second-order valence-corrected chi connectivity index (χ2v) is 11.0. The van der Waals surface area contributed by atoms with E-state index in [-0.39, 0.29) is 30.4 Å². The van der Waals surface area contributed by atoms with Gasteiger partial charge in [0, 0.05) is 11.7 Å². The topological polar surface area (TPSA) is 117 Å². The van der Waals surface area contributed by atoms with E-state index in [1.165, 1.54) is 4.90 Å². The van der Waals surface area contributed by atoms with Crippen molar-refractivity contribution >= 4 is 23.4 Å². The fourth-order valence-electron chi connectivity index (χ4n) is 7.01. The molecule has 0 saturated carbocycles. The van der Waals surface area contributed by atoms with E-state index in [0.29, 0.717) is 43.7 Å². The largest absolute Gasteiger partial charge is 0.494 e. The molecule has 210 valence electrons. The van der Waals surface area contributed by atoms with Crippen LogP contribution in [0, 0.1) is 11.8 Å². The minimum absolute atomic E-state index is 0.0633. The van der Waals surface area contributed by atoms with Crippen LogP contribution < -0.4 is 15.4 Å². The van der Waals surface area contributed by atoms with Gasteiger partial charge >= 0.3 is 0 Å². The Labute approximate surface area is 225 Å². The minimum Gasteiger partial charge on any atom is -0.494 e. The maximum absolute atomic E-state index is 14.2. The lowest BCUT2D eigenvalue weighted by atomic mass is 9.65. The molecule has 2 bridgehead atoms. The number of benzene rings is 1. The Kier molecular flexibility index (Phi) is 8.37. The summed E-state index contributed by atoms with van der Waals surface area (Å²) in [6.07, 6.45) is 3.88. The molecule has 3 N–H and O–H groups in total. The molecule has 3 aliphatic rings. The summed E-state index contributed by atoms with van der Waals surface area (Å²) < 4.78 is 12.3. The van der Waals surface area contributed by atoms with Crippen molar-refractivity contribution in [3.8, 4) is 5.75 Å². The predicted octanol–water partition coefficient (Wildman–Crippen LogP) is 3.25. The Morgan fingerprint density at radius 1 is 1.16 bits per heavy atom. The fourth-order valence-corrected chi connectivity index (χ4v) is 7.01. The van der Waals surface area contributed by atoms with Crippen molar-refractivity contribution in [2.45, 2.75) is 102 Å². The van der Waals surface area contributed by atoms with Crippen molar-refractivity contribution < 1.29 is 29.0 Å². The Bertz CT molecular complexity index is 1030. The van der Waals surface area contributed by atoms with Gasteiger partial charge in [0.25, 0.3) is 0 Å². The molecule has 4 rings (SSSR count). The molecule has 3 saturated heterocycles. The molecule has 9 heteroatoms. The first-order chi connectivity index (χ1) is 18.2. The number of carbonyl (C=O) groups excluding carboxylic acids is 3. The summed E-state index contributed by atoms with van der Waals surface area (Å²) in [5.74, 6) is -1.67. The van der Waals surface area contributed by atoms with Crippen LogP contribution in [0.25, 0.3) is 0 Å². The summed E-state index contributed by atoms with van der Waals surface area (Å²) in [5, 5.41) is 16.3. The number of ether oxygens (including phenoxy) is 2. The zero-order chi connectivity index (χ0) is 27.7. The number of hydrogen-bond donors (Lipinski definition) is 3. The second-order valence-electron chi connectivity index (χ2n) is 11.0. The monoisotopic (exact) mass is 529 g/mol.